The number of halogens is 1. The molecule has 0 saturated heterocycles. The van der Waals surface area contributed by atoms with Gasteiger partial charge in [0.15, 0.2) is 0 Å². The summed E-state index contributed by atoms with van der Waals surface area (Å²) in [5, 5.41) is 11.6. The van der Waals surface area contributed by atoms with E-state index in [4.69, 9.17) is 0 Å². The smallest absolute Gasteiger partial charge is 0.123 e. The van der Waals surface area contributed by atoms with Crippen molar-refractivity contribution in [1.82, 2.24) is 4.90 Å². The largest absolute Gasteiger partial charge is 0.380 e. The standard InChI is InChI=1S/C21H26FNO/c1-16(14-18-8-6-5-7-9-18)21(24,17(2)15-23(3)4)19-10-12-20(22)13-11-19/h5-14,17,24H,15H2,1-4H3. The van der Waals surface area contributed by atoms with Crippen LogP contribution >= 0.6 is 0 Å². The van der Waals surface area contributed by atoms with E-state index in [0.717, 1.165) is 11.1 Å². The highest BCUT2D eigenvalue weighted by Gasteiger charge is 2.37. The molecule has 1 N–H and O–H groups in total. The molecule has 2 rings (SSSR count). The normalized spacial score (nSPS) is 16.0. The van der Waals surface area contributed by atoms with E-state index in [0.29, 0.717) is 12.1 Å². The molecular weight excluding hydrogens is 301 g/mol. The molecule has 3 heteroatoms. The summed E-state index contributed by atoms with van der Waals surface area (Å²) in [6, 6.07) is 16.1. The summed E-state index contributed by atoms with van der Waals surface area (Å²) < 4.78 is 13.3. The first-order valence-electron chi connectivity index (χ1n) is 8.21. The predicted octanol–water partition coefficient (Wildman–Crippen LogP) is 4.31. The topological polar surface area (TPSA) is 23.5 Å². The molecule has 0 amide bonds. The van der Waals surface area contributed by atoms with E-state index >= 15 is 0 Å². The van der Waals surface area contributed by atoms with Crippen LogP contribution in [0.15, 0.2) is 60.2 Å². The van der Waals surface area contributed by atoms with Crippen LogP contribution in [0.2, 0.25) is 0 Å². The number of hydrogen-bond acceptors (Lipinski definition) is 2. The molecule has 2 aromatic carbocycles. The molecule has 0 saturated carbocycles. The minimum atomic E-state index is -1.16. The molecule has 0 aromatic heterocycles. The van der Waals surface area contributed by atoms with Gasteiger partial charge < -0.3 is 10.0 Å². The number of nitrogens with zero attached hydrogens (tertiary/aromatic N) is 1. The molecule has 0 radical (unpaired) electrons. The van der Waals surface area contributed by atoms with Crippen LogP contribution in [-0.2, 0) is 5.60 Å². The molecular formula is C21H26FNO. The average molecular weight is 327 g/mol. The van der Waals surface area contributed by atoms with Gasteiger partial charge in [0.2, 0.25) is 0 Å². The van der Waals surface area contributed by atoms with Crippen molar-refractivity contribution in [2.45, 2.75) is 19.4 Å². The van der Waals surface area contributed by atoms with Gasteiger partial charge in [0.05, 0.1) is 0 Å². The number of benzene rings is 2. The lowest BCUT2D eigenvalue weighted by Crippen LogP contribution is -2.40. The van der Waals surface area contributed by atoms with E-state index in [9.17, 15) is 9.50 Å². The van der Waals surface area contributed by atoms with Crippen LogP contribution in [0.3, 0.4) is 0 Å². The molecule has 2 unspecified atom stereocenters. The van der Waals surface area contributed by atoms with Crippen molar-refractivity contribution in [3.05, 3.63) is 77.1 Å². The van der Waals surface area contributed by atoms with Crippen LogP contribution in [0.1, 0.15) is 25.0 Å². The second-order valence-electron chi connectivity index (χ2n) is 6.67. The Labute approximate surface area is 144 Å². The van der Waals surface area contributed by atoms with Gasteiger partial charge in [0, 0.05) is 12.5 Å². The fourth-order valence-corrected chi connectivity index (χ4v) is 3.19. The van der Waals surface area contributed by atoms with E-state index in [1.54, 1.807) is 12.1 Å². The monoisotopic (exact) mass is 327 g/mol. The maximum absolute atomic E-state index is 13.3. The van der Waals surface area contributed by atoms with Gasteiger partial charge in [-0.3, -0.25) is 0 Å². The summed E-state index contributed by atoms with van der Waals surface area (Å²) in [5.74, 6) is -0.357. The highest BCUT2D eigenvalue weighted by molar-refractivity contribution is 5.56. The Morgan fingerprint density at radius 1 is 1.12 bits per heavy atom. The highest BCUT2D eigenvalue weighted by Crippen LogP contribution is 2.38. The van der Waals surface area contributed by atoms with E-state index in [1.807, 2.05) is 64.4 Å². The van der Waals surface area contributed by atoms with Crippen molar-refractivity contribution in [3.63, 3.8) is 0 Å². The van der Waals surface area contributed by atoms with Crippen LogP contribution < -0.4 is 0 Å². The molecule has 2 atom stereocenters. The molecule has 0 bridgehead atoms. The third-order valence-corrected chi connectivity index (χ3v) is 4.42. The van der Waals surface area contributed by atoms with Crippen molar-refractivity contribution in [3.8, 4) is 0 Å². The summed E-state index contributed by atoms with van der Waals surface area (Å²) >= 11 is 0. The third kappa shape index (κ3) is 4.11. The van der Waals surface area contributed by atoms with Gasteiger partial charge in [-0.25, -0.2) is 4.39 Å². The van der Waals surface area contributed by atoms with Crippen LogP contribution in [0.5, 0.6) is 0 Å². The van der Waals surface area contributed by atoms with Gasteiger partial charge in [0.25, 0.3) is 0 Å². The molecule has 0 heterocycles. The zero-order valence-corrected chi connectivity index (χ0v) is 14.8. The van der Waals surface area contributed by atoms with Crippen LogP contribution in [0.4, 0.5) is 4.39 Å². The van der Waals surface area contributed by atoms with Crippen molar-refractivity contribution in [2.24, 2.45) is 5.92 Å². The molecule has 0 aliphatic carbocycles. The SMILES string of the molecule is CC(=Cc1ccccc1)C(O)(c1ccc(F)cc1)C(C)CN(C)C. The van der Waals surface area contributed by atoms with Gasteiger partial charge in [0.1, 0.15) is 11.4 Å². The maximum atomic E-state index is 13.3. The van der Waals surface area contributed by atoms with Crippen LogP contribution in [0, 0.1) is 11.7 Å². The lowest BCUT2D eigenvalue weighted by atomic mass is 9.76. The molecule has 24 heavy (non-hydrogen) atoms. The molecule has 2 nitrogen and oxygen atoms in total. The number of hydrogen-bond donors (Lipinski definition) is 1. The maximum Gasteiger partial charge on any atom is 0.123 e. The summed E-state index contributed by atoms with van der Waals surface area (Å²) in [4.78, 5) is 2.05. The summed E-state index contributed by atoms with van der Waals surface area (Å²) in [6.07, 6.45) is 2.00. The number of aliphatic hydroxyl groups is 1. The molecule has 0 spiro atoms. The van der Waals surface area contributed by atoms with Crippen LogP contribution in [-0.4, -0.2) is 30.6 Å². The van der Waals surface area contributed by atoms with Crippen molar-refractivity contribution < 1.29 is 9.50 Å². The predicted molar refractivity (Wildman–Crippen MR) is 98.1 cm³/mol. The lowest BCUT2D eigenvalue weighted by Gasteiger charge is -2.37. The molecule has 0 aliphatic rings. The average Bonchev–Trinajstić information content (AvgIpc) is 2.55. The van der Waals surface area contributed by atoms with E-state index < -0.39 is 5.60 Å². The molecule has 0 fully saturated rings. The van der Waals surface area contributed by atoms with E-state index in [2.05, 4.69) is 4.90 Å². The second-order valence-corrected chi connectivity index (χ2v) is 6.67. The summed E-state index contributed by atoms with van der Waals surface area (Å²) in [5.41, 5.74) is 1.43. The minimum Gasteiger partial charge on any atom is -0.380 e. The molecule has 0 aliphatic heterocycles. The van der Waals surface area contributed by atoms with E-state index in [-0.39, 0.29) is 11.7 Å². The Morgan fingerprint density at radius 2 is 1.71 bits per heavy atom. The first-order chi connectivity index (χ1) is 11.3. The van der Waals surface area contributed by atoms with Gasteiger partial charge in [-0.1, -0.05) is 55.5 Å². The van der Waals surface area contributed by atoms with Gasteiger partial charge in [-0.15, -0.1) is 0 Å². The first kappa shape index (κ1) is 18.4. The van der Waals surface area contributed by atoms with Crippen molar-refractivity contribution in [2.75, 3.05) is 20.6 Å². The fourth-order valence-electron chi connectivity index (χ4n) is 3.19. The zero-order valence-electron chi connectivity index (χ0n) is 14.8. The lowest BCUT2D eigenvalue weighted by molar-refractivity contribution is 0.0105. The second kappa shape index (κ2) is 7.73. The summed E-state index contributed by atoms with van der Waals surface area (Å²) in [6.45, 7) is 4.67. The minimum absolute atomic E-state index is 0.0575. The Kier molecular flexibility index (Phi) is 5.92. The van der Waals surface area contributed by atoms with E-state index in [1.165, 1.54) is 12.1 Å². The highest BCUT2D eigenvalue weighted by atomic mass is 19.1. The van der Waals surface area contributed by atoms with Crippen molar-refractivity contribution >= 4 is 6.08 Å². The zero-order chi connectivity index (χ0) is 17.7. The Morgan fingerprint density at radius 3 is 2.25 bits per heavy atom. The third-order valence-electron chi connectivity index (χ3n) is 4.42. The van der Waals surface area contributed by atoms with Gasteiger partial charge >= 0.3 is 0 Å². The molecule has 128 valence electrons. The van der Waals surface area contributed by atoms with Crippen LogP contribution in [0.25, 0.3) is 6.08 Å². The quantitative estimate of drug-likeness (QED) is 0.854. The Balaban J connectivity index is 2.49. The van der Waals surface area contributed by atoms with Gasteiger partial charge in [-0.05, 0) is 49.9 Å². The Bertz CT molecular complexity index is 679. The molecule has 2 aromatic rings. The van der Waals surface area contributed by atoms with Crippen molar-refractivity contribution in [1.29, 1.82) is 0 Å². The van der Waals surface area contributed by atoms with Gasteiger partial charge in [-0.2, -0.15) is 0 Å². The first-order valence-corrected chi connectivity index (χ1v) is 8.21. The summed E-state index contributed by atoms with van der Waals surface area (Å²) in [7, 11) is 3.97. The Hall–Kier alpha value is -1.97. The fraction of sp³-hybridized carbons (Fsp3) is 0.333. The number of rotatable bonds is 6.